The summed E-state index contributed by atoms with van der Waals surface area (Å²) in [5, 5.41) is 7.67. The number of hydrogen-bond acceptors (Lipinski definition) is 5. The van der Waals surface area contributed by atoms with Gasteiger partial charge in [-0.05, 0) is 52.1 Å². The fourth-order valence-corrected chi connectivity index (χ4v) is 4.58. The number of rotatable bonds is 8. The number of piperazine rings is 1. The number of hydrogen-bond donors (Lipinski definition) is 1. The van der Waals surface area contributed by atoms with Crippen molar-refractivity contribution in [2.75, 3.05) is 51.6 Å². The first-order valence-electron chi connectivity index (χ1n) is 12.5. The number of nitrogens with one attached hydrogen (secondary N) is 1. The van der Waals surface area contributed by atoms with Crippen LogP contribution in [0.5, 0.6) is 0 Å². The van der Waals surface area contributed by atoms with Crippen LogP contribution in [0.3, 0.4) is 0 Å². The minimum atomic E-state index is -0.0276. The van der Waals surface area contributed by atoms with E-state index in [4.69, 9.17) is 5.10 Å². The molecule has 1 aromatic heterocycles. The van der Waals surface area contributed by atoms with Crippen LogP contribution in [0.2, 0.25) is 0 Å². The molecule has 8 nitrogen and oxygen atoms in total. The first kappa shape index (κ1) is 25.6. The lowest BCUT2D eigenvalue weighted by molar-refractivity contribution is -0.134. The first-order chi connectivity index (χ1) is 17.3. The van der Waals surface area contributed by atoms with Gasteiger partial charge in [-0.15, -0.1) is 0 Å². The number of carbonyl (C=O) groups excluding carboxylic acids is 2. The molecule has 1 fully saturated rings. The summed E-state index contributed by atoms with van der Waals surface area (Å²) in [5.41, 5.74) is 6.23. The molecule has 0 radical (unpaired) electrons. The lowest BCUT2D eigenvalue weighted by atomic mass is 10.2. The van der Waals surface area contributed by atoms with Crippen molar-refractivity contribution < 1.29 is 9.59 Å². The van der Waals surface area contributed by atoms with Crippen molar-refractivity contribution in [1.82, 2.24) is 24.5 Å². The molecule has 2 heterocycles. The van der Waals surface area contributed by atoms with Gasteiger partial charge in [-0.2, -0.15) is 5.10 Å². The van der Waals surface area contributed by atoms with E-state index < -0.39 is 0 Å². The molecule has 0 bridgehead atoms. The molecule has 0 atom stereocenters. The average Bonchev–Trinajstić information content (AvgIpc) is 3.14. The number of carbonyl (C=O) groups is 2. The lowest BCUT2D eigenvalue weighted by Gasteiger charge is -2.35. The maximum atomic E-state index is 13.0. The minimum Gasteiger partial charge on any atom is -0.339 e. The van der Waals surface area contributed by atoms with Crippen molar-refractivity contribution in [3.63, 3.8) is 0 Å². The zero-order valence-electron chi connectivity index (χ0n) is 21.7. The normalized spacial score (nSPS) is 14.3. The molecule has 1 aliphatic heterocycles. The van der Waals surface area contributed by atoms with Gasteiger partial charge in [0.05, 0.1) is 24.5 Å². The fourth-order valence-electron chi connectivity index (χ4n) is 4.58. The van der Waals surface area contributed by atoms with Gasteiger partial charge in [-0.1, -0.05) is 35.9 Å². The highest BCUT2D eigenvalue weighted by Gasteiger charge is 2.24. The SMILES string of the molecule is Cc1ccc(NC(=O)CN2CCN(C(=O)CN(C)Cc3c(C)nn(-c4ccccc4)c3C)CC2)cc1. The van der Waals surface area contributed by atoms with Gasteiger partial charge in [0.25, 0.3) is 0 Å². The predicted octanol–water partition coefficient (Wildman–Crippen LogP) is 3.01. The van der Waals surface area contributed by atoms with E-state index in [9.17, 15) is 9.59 Å². The maximum absolute atomic E-state index is 13.0. The standard InChI is InChI=1S/C28H36N6O2/c1-21-10-12-24(13-11-21)29-27(35)19-32-14-16-33(17-15-32)28(36)20-31(4)18-26-22(2)30-34(23(26)3)25-8-6-5-7-9-25/h5-13H,14-20H2,1-4H3,(H,29,35). The summed E-state index contributed by atoms with van der Waals surface area (Å²) >= 11 is 0. The third-order valence-corrected chi connectivity index (χ3v) is 6.70. The van der Waals surface area contributed by atoms with Crippen LogP contribution in [0.15, 0.2) is 54.6 Å². The molecule has 4 rings (SSSR count). The monoisotopic (exact) mass is 488 g/mol. The van der Waals surface area contributed by atoms with Crippen molar-refractivity contribution in [3.05, 3.63) is 77.1 Å². The molecule has 0 saturated carbocycles. The van der Waals surface area contributed by atoms with Gasteiger partial charge in [0.2, 0.25) is 11.8 Å². The summed E-state index contributed by atoms with van der Waals surface area (Å²) in [7, 11) is 1.97. The Morgan fingerprint density at radius 2 is 1.61 bits per heavy atom. The van der Waals surface area contributed by atoms with E-state index in [1.807, 2.05) is 85.1 Å². The molecule has 0 spiro atoms. The Balaban J connectivity index is 1.24. The topological polar surface area (TPSA) is 73.7 Å². The Hall–Kier alpha value is -3.49. The summed E-state index contributed by atoms with van der Waals surface area (Å²) in [4.78, 5) is 31.4. The van der Waals surface area contributed by atoms with Gasteiger partial charge in [-0.25, -0.2) is 4.68 Å². The minimum absolute atomic E-state index is 0.0276. The van der Waals surface area contributed by atoms with E-state index in [-0.39, 0.29) is 11.8 Å². The highest BCUT2D eigenvalue weighted by Crippen LogP contribution is 2.19. The summed E-state index contributed by atoms with van der Waals surface area (Å²) in [6.45, 7) is 10.1. The number of nitrogens with zero attached hydrogens (tertiary/aromatic N) is 5. The second-order valence-corrected chi connectivity index (χ2v) is 9.64. The Labute approximate surface area is 213 Å². The molecule has 2 aromatic carbocycles. The van der Waals surface area contributed by atoms with Crippen LogP contribution < -0.4 is 5.32 Å². The van der Waals surface area contributed by atoms with Gasteiger partial charge in [-0.3, -0.25) is 19.4 Å². The van der Waals surface area contributed by atoms with Crippen molar-refractivity contribution in [3.8, 4) is 5.69 Å². The zero-order chi connectivity index (χ0) is 25.7. The number of anilines is 1. The predicted molar refractivity (Wildman–Crippen MR) is 142 cm³/mol. The molecule has 1 N–H and O–H groups in total. The quantitative estimate of drug-likeness (QED) is 0.528. The number of aromatic nitrogens is 2. The van der Waals surface area contributed by atoms with Gasteiger partial charge in [0, 0.05) is 49.7 Å². The number of likely N-dealkylation sites (N-methyl/N-ethyl adjacent to an activating group) is 1. The van der Waals surface area contributed by atoms with Crippen LogP contribution in [0.25, 0.3) is 5.69 Å². The highest BCUT2D eigenvalue weighted by molar-refractivity contribution is 5.92. The zero-order valence-corrected chi connectivity index (χ0v) is 21.7. The van der Waals surface area contributed by atoms with Crippen LogP contribution in [0.4, 0.5) is 5.69 Å². The van der Waals surface area contributed by atoms with Gasteiger partial charge >= 0.3 is 0 Å². The maximum Gasteiger partial charge on any atom is 0.238 e. The van der Waals surface area contributed by atoms with Crippen LogP contribution in [-0.2, 0) is 16.1 Å². The highest BCUT2D eigenvalue weighted by atomic mass is 16.2. The molecule has 2 amide bonds. The van der Waals surface area contributed by atoms with Crippen LogP contribution in [0, 0.1) is 20.8 Å². The Morgan fingerprint density at radius 3 is 2.28 bits per heavy atom. The molecular formula is C28H36N6O2. The Morgan fingerprint density at radius 1 is 0.944 bits per heavy atom. The van der Waals surface area contributed by atoms with Crippen molar-refractivity contribution in [2.45, 2.75) is 27.3 Å². The molecular weight excluding hydrogens is 452 g/mol. The largest absolute Gasteiger partial charge is 0.339 e. The van der Waals surface area contributed by atoms with Gasteiger partial charge in [0.15, 0.2) is 0 Å². The van der Waals surface area contributed by atoms with Gasteiger partial charge < -0.3 is 10.2 Å². The molecule has 0 unspecified atom stereocenters. The summed E-state index contributed by atoms with van der Waals surface area (Å²) in [6.07, 6.45) is 0. The fraction of sp³-hybridized carbons (Fsp3) is 0.393. The van der Waals surface area contributed by atoms with Crippen molar-refractivity contribution in [1.29, 1.82) is 0 Å². The van der Waals surface area contributed by atoms with E-state index in [0.717, 1.165) is 33.9 Å². The van der Waals surface area contributed by atoms with E-state index in [2.05, 4.69) is 22.0 Å². The van der Waals surface area contributed by atoms with Crippen molar-refractivity contribution in [2.24, 2.45) is 0 Å². The number of benzene rings is 2. The lowest BCUT2D eigenvalue weighted by Crippen LogP contribution is -2.52. The number of aryl methyl sites for hydroxylation is 2. The number of amides is 2. The molecule has 190 valence electrons. The molecule has 36 heavy (non-hydrogen) atoms. The molecule has 3 aromatic rings. The third kappa shape index (κ3) is 6.38. The Kier molecular flexibility index (Phi) is 8.18. The second-order valence-electron chi connectivity index (χ2n) is 9.64. The Bertz CT molecular complexity index is 1180. The van der Waals surface area contributed by atoms with Crippen molar-refractivity contribution >= 4 is 17.5 Å². The molecule has 1 aliphatic rings. The van der Waals surface area contributed by atoms with Gasteiger partial charge in [0.1, 0.15) is 0 Å². The van der Waals surface area contributed by atoms with E-state index in [0.29, 0.717) is 45.8 Å². The molecule has 1 saturated heterocycles. The summed E-state index contributed by atoms with van der Waals surface area (Å²) in [6, 6.07) is 17.9. The third-order valence-electron chi connectivity index (χ3n) is 6.70. The van der Waals surface area contributed by atoms with E-state index in [1.54, 1.807) is 0 Å². The summed E-state index contributed by atoms with van der Waals surface area (Å²) in [5.74, 6) is 0.0900. The second kappa shape index (κ2) is 11.5. The molecule has 0 aliphatic carbocycles. The van der Waals surface area contributed by atoms with E-state index in [1.165, 1.54) is 0 Å². The first-order valence-corrected chi connectivity index (χ1v) is 12.5. The summed E-state index contributed by atoms with van der Waals surface area (Å²) < 4.78 is 1.97. The van der Waals surface area contributed by atoms with Crippen LogP contribution in [0.1, 0.15) is 22.5 Å². The average molecular weight is 489 g/mol. The van der Waals surface area contributed by atoms with E-state index >= 15 is 0 Å². The number of para-hydroxylation sites is 1. The van der Waals surface area contributed by atoms with Crippen LogP contribution in [-0.4, -0.2) is 82.6 Å². The smallest absolute Gasteiger partial charge is 0.238 e. The van der Waals surface area contributed by atoms with Crippen LogP contribution >= 0.6 is 0 Å². The molecule has 8 heteroatoms.